The second-order valence-corrected chi connectivity index (χ2v) is 7.84. The minimum Gasteiger partial charge on any atom is -0.334 e. The number of amides is 1. The van der Waals surface area contributed by atoms with Crippen LogP contribution in [0.15, 0.2) is 0 Å². The summed E-state index contributed by atoms with van der Waals surface area (Å²) >= 11 is 0. The van der Waals surface area contributed by atoms with E-state index in [1.807, 2.05) is 4.90 Å². The van der Waals surface area contributed by atoms with Crippen molar-refractivity contribution in [1.29, 1.82) is 0 Å². The van der Waals surface area contributed by atoms with E-state index < -0.39 is 15.6 Å². The third kappa shape index (κ3) is 3.84. The molecule has 0 aliphatic carbocycles. The molecule has 2 unspecified atom stereocenters. The van der Waals surface area contributed by atoms with Gasteiger partial charge in [-0.15, -0.1) is 12.4 Å². The first-order valence-corrected chi connectivity index (χ1v) is 8.62. The Morgan fingerprint density at radius 1 is 1.25 bits per heavy atom. The molecule has 0 aromatic rings. The quantitative estimate of drug-likeness (QED) is 0.771. The zero-order valence-corrected chi connectivity index (χ0v) is 13.8. The van der Waals surface area contributed by atoms with Gasteiger partial charge in [-0.05, 0) is 39.7 Å². The van der Waals surface area contributed by atoms with Crippen LogP contribution in [0.25, 0.3) is 0 Å². The number of fused-ring (bicyclic) bond motifs is 2. The molecule has 2 N–H and O–H groups in total. The summed E-state index contributed by atoms with van der Waals surface area (Å²) in [4.78, 5) is 14.6. The van der Waals surface area contributed by atoms with Gasteiger partial charge in [-0.2, -0.15) is 0 Å². The van der Waals surface area contributed by atoms with Crippen molar-refractivity contribution >= 4 is 28.3 Å². The fourth-order valence-electron chi connectivity index (χ4n) is 3.14. The standard InChI is InChI=1S/C12H23N3O3S.ClH/c1-12(2,14-19(3,17)18)11(16)15-9-4-5-10(15)8-13-7-6-9;/h9-10,13-14H,4-8H2,1-3H3;1H. The first-order chi connectivity index (χ1) is 8.71. The van der Waals surface area contributed by atoms with E-state index in [0.717, 1.165) is 38.6 Å². The molecule has 2 rings (SSSR count). The van der Waals surface area contributed by atoms with Gasteiger partial charge in [-0.3, -0.25) is 4.79 Å². The summed E-state index contributed by atoms with van der Waals surface area (Å²) in [6, 6.07) is 0.439. The van der Waals surface area contributed by atoms with Gasteiger partial charge in [0.25, 0.3) is 0 Å². The second kappa shape index (κ2) is 6.17. The van der Waals surface area contributed by atoms with Crippen molar-refractivity contribution in [1.82, 2.24) is 14.9 Å². The maximum absolute atomic E-state index is 12.7. The van der Waals surface area contributed by atoms with Gasteiger partial charge in [-0.1, -0.05) is 0 Å². The number of carbonyl (C=O) groups excluding carboxylic acids is 1. The normalized spacial score (nSPS) is 26.9. The van der Waals surface area contributed by atoms with Crippen LogP contribution in [0.3, 0.4) is 0 Å². The average Bonchev–Trinajstić information content (AvgIpc) is 2.47. The SMILES string of the molecule is CC(C)(NS(C)(=O)=O)C(=O)N1C2CCNCC1CC2.Cl. The summed E-state index contributed by atoms with van der Waals surface area (Å²) in [6.45, 7) is 4.99. The summed E-state index contributed by atoms with van der Waals surface area (Å²) < 4.78 is 25.2. The third-order valence-corrected chi connectivity index (χ3v) is 4.75. The molecule has 2 heterocycles. The van der Waals surface area contributed by atoms with Crippen LogP contribution in [0.2, 0.25) is 0 Å². The predicted octanol–water partition coefficient (Wildman–Crippen LogP) is 0.0889. The van der Waals surface area contributed by atoms with E-state index >= 15 is 0 Å². The Morgan fingerprint density at radius 3 is 2.45 bits per heavy atom. The maximum Gasteiger partial charge on any atom is 0.243 e. The lowest BCUT2D eigenvalue weighted by Crippen LogP contribution is -2.58. The van der Waals surface area contributed by atoms with Crippen molar-refractivity contribution in [2.75, 3.05) is 19.3 Å². The van der Waals surface area contributed by atoms with E-state index in [9.17, 15) is 13.2 Å². The van der Waals surface area contributed by atoms with Crippen molar-refractivity contribution in [3.63, 3.8) is 0 Å². The monoisotopic (exact) mass is 325 g/mol. The van der Waals surface area contributed by atoms with E-state index in [2.05, 4.69) is 10.0 Å². The van der Waals surface area contributed by atoms with Gasteiger partial charge in [0.05, 0.1) is 6.26 Å². The Balaban J connectivity index is 0.00000200. The summed E-state index contributed by atoms with van der Waals surface area (Å²) in [7, 11) is -3.40. The fourth-order valence-corrected chi connectivity index (χ4v) is 4.16. The first-order valence-electron chi connectivity index (χ1n) is 6.73. The minimum absolute atomic E-state index is 0. The molecule has 0 aromatic carbocycles. The topological polar surface area (TPSA) is 78.5 Å². The largest absolute Gasteiger partial charge is 0.334 e. The Bertz CT molecular complexity index is 453. The van der Waals surface area contributed by atoms with E-state index in [1.165, 1.54) is 0 Å². The molecule has 20 heavy (non-hydrogen) atoms. The number of carbonyl (C=O) groups is 1. The van der Waals surface area contributed by atoms with Crippen LogP contribution in [0.1, 0.15) is 33.1 Å². The van der Waals surface area contributed by atoms with Crippen LogP contribution in [-0.2, 0) is 14.8 Å². The van der Waals surface area contributed by atoms with Crippen molar-refractivity contribution in [3.8, 4) is 0 Å². The van der Waals surface area contributed by atoms with Gasteiger partial charge in [-0.25, -0.2) is 13.1 Å². The number of sulfonamides is 1. The van der Waals surface area contributed by atoms with Crippen molar-refractivity contribution < 1.29 is 13.2 Å². The molecule has 2 bridgehead atoms. The number of rotatable bonds is 3. The molecule has 0 saturated carbocycles. The molecular weight excluding hydrogens is 302 g/mol. The van der Waals surface area contributed by atoms with Gasteiger partial charge < -0.3 is 10.2 Å². The molecule has 2 saturated heterocycles. The number of hydrogen-bond acceptors (Lipinski definition) is 4. The maximum atomic E-state index is 12.7. The van der Waals surface area contributed by atoms with E-state index in [1.54, 1.807) is 13.8 Å². The van der Waals surface area contributed by atoms with Crippen LogP contribution < -0.4 is 10.0 Å². The predicted molar refractivity (Wildman–Crippen MR) is 80.4 cm³/mol. The first kappa shape index (κ1) is 17.7. The van der Waals surface area contributed by atoms with E-state index in [-0.39, 0.29) is 30.4 Å². The lowest BCUT2D eigenvalue weighted by atomic mass is 10.0. The van der Waals surface area contributed by atoms with Crippen LogP contribution in [0, 0.1) is 0 Å². The summed E-state index contributed by atoms with van der Waals surface area (Å²) in [5.74, 6) is -0.117. The Kier molecular flexibility index (Phi) is 5.46. The van der Waals surface area contributed by atoms with Gasteiger partial charge in [0.2, 0.25) is 15.9 Å². The average molecular weight is 326 g/mol. The van der Waals surface area contributed by atoms with Crippen molar-refractivity contribution in [2.24, 2.45) is 0 Å². The van der Waals surface area contributed by atoms with E-state index in [0.29, 0.717) is 0 Å². The molecule has 2 atom stereocenters. The summed E-state index contributed by atoms with van der Waals surface area (Å²) in [6.07, 6.45) is 4.04. The molecule has 6 nitrogen and oxygen atoms in total. The van der Waals surface area contributed by atoms with Crippen LogP contribution in [0.5, 0.6) is 0 Å². The Morgan fingerprint density at radius 2 is 1.85 bits per heavy atom. The zero-order valence-electron chi connectivity index (χ0n) is 12.2. The fraction of sp³-hybridized carbons (Fsp3) is 0.917. The number of halogens is 1. The number of nitrogens with one attached hydrogen (secondary N) is 2. The molecule has 2 fully saturated rings. The third-order valence-electron chi connectivity index (χ3n) is 3.86. The number of hydrogen-bond donors (Lipinski definition) is 2. The highest BCUT2D eigenvalue weighted by molar-refractivity contribution is 7.88. The lowest BCUT2D eigenvalue weighted by Gasteiger charge is -2.35. The lowest BCUT2D eigenvalue weighted by molar-refractivity contribution is -0.139. The van der Waals surface area contributed by atoms with Crippen LogP contribution in [-0.4, -0.2) is 56.2 Å². The molecule has 8 heteroatoms. The van der Waals surface area contributed by atoms with E-state index in [4.69, 9.17) is 0 Å². The molecule has 0 spiro atoms. The molecule has 1 amide bonds. The summed E-state index contributed by atoms with van der Waals surface area (Å²) in [5.41, 5.74) is -1.08. The van der Waals surface area contributed by atoms with Gasteiger partial charge in [0.1, 0.15) is 5.54 Å². The molecule has 0 radical (unpaired) electrons. The van der Waals surface area contributed by atoms with Crippen molar-refractivity contribution in [3.05, 3.63) is 0 Å². The second-order valence-electron chi connectivity index (χ2n) is 6.09. The zero-order chi connectivity index (χ0) is 14.3. The Labute approximate surface area is 127 Å². The molecular formula is C12H24ClN3O3S. The smallest absolute Gasteiger partial charge is 0.243 e. The van der Waals surface area contributed by atoms with Gasteiger partial charge in [0.15, 0.2) is 0 Å². The highest BCUT2D eigenvalue weighted by atomic mass is 35.5. The minimum atomic E-state index is -3.40. The molecule has 118 valence electrons. The number of nitrogens with zero attached hydrogens (tertiary/aromatic N) is 1. The molecule has 2 aliphatic heterocycles. The van der Waals surface area contributed by atoms with Gasteiger partial charge in [0, 0.05) is 18.6 Å². The summed E-state index contributed by atoms with van der Waals surface area (Å²) in [5, 5.41) is 3.33. The van der Waals surface area contributed by atoms with Crippen molar-refractivity contribution in [2.45, 2.75) is 50.7 Å². The molecule has 0 aromatic heterocycles. The highest BCUT2D eigenvalue weighted by Gasteiger charge is 2.44. The Hall–Kier alpha value is -0.370. The highest BCUT2D eigenvalue weighted by Crippen LogP contribution is 2.30. The van der Waals surface area contributed by atoms with Gasteiger partial charge >= 0.3 is 0 Å². The van der Waals surface area contributed by atoms with Crippen LogP contribution >= 0.6 is 12.4 Å². The van der Waals surface area contributed by atoms with Crippen LogP contribution in [0.4, 0.5) is 0 Å². The molecule has 2 aliphatic rings.